The van der Waals surface area contributed by atoms with E-state index < -0.39 is 5.82 Å². The topological polar surface area (TPSA) is 32.3 Å². The number of nitrogens with one attached hydrogen (secondary N) is 1. The molecule has 0 aliphatic heterocycles. The van der Waals surface area contributed by atoms with Gasteiger partial charge in [-0.2, -0.15) is 0 Å². The Morgan fingerprint density at radius 1 is 1.23 bits per heavy atom. The van der Waals surface area contributed by atoms with E-state index >= 15 is 0 Å². The molecule has 1 amide bonds. The van der Waals surface area contributed by atoms with Crippen molar-refractivity contribution >= 4 is 23.2 Å². The summed E-state index contributed by atoms with van der Waals surface area (Å²) in [4.78, 5) is 14.0. The molecule has 2 aromatic carbocycles. The lowest BCUT2D eigenvalue weighted by Gasteiger charge is -2.21. The van der Waals surface area contributed by atoms with Crippen molar-refractivity contribution in [1.29, 1.82) is 0 Å². The average Bonchev–Trinajstić information content (AvgIpc) is 2.54. The van der Waals surface area contributed by atoms with Crippen molar-refractivity contribution in [3.63, 3.8) is 0 Å². The summed E-state index contributed by atoms with van der Waals surface area (Å²) >= 11 is 5.72. The smallest absolute Gasteiger partial charge is 0.242 e. The number of anilines is 1. The summed E-state index contributed by atoms with van der Waals surface area (Å²) in [5.41, 5.74) is 1.71. The van der Waals surface area contributed by atoms with Crippen LogP contribution in [0.15, 0.2) is 48.5 Å². The first kappa shape index (κ1) is 16.3. The molecular formula is C17H18ClFN2O. The first-order valence-electron chi connectivity index (χ1n) is 7.10. The number of hydrogen-bond acceptors (Lipinski definition) is 2. The van der Waals surface area contributed by atoms with Gasteiger partial charge in [0.1, 0.15) is 5.82 Å². The van der Waals surface area contributed by atoms with Crippen LogP contribution in [0.3, 0.4) is 0 Å². The second-order valence-electron chi connectivity index (χ2n) is 4.88. The minimum absolute atomic E-state index is 0.0215. The van der Waals surface area contributed by atoms with Crippen LogP contribution in [0.25, 0.3) is 0 Å². The lowest BCUT2D eigenvalue weighted by atomic mass is 10.2. The van der Waals surface area contributed by atoms with Crippen molar-refractivity contribution in [2.45, 2.75) is 13.5 Å². The van der Waals surface area contributed by atoms with Gasteiger partial charge in [-0.05, 0) is 30.7 Å². The number of rotatable bonds is 6. The number of carbonyl (C=O) groups excluding carboxylic acids is 1. The van der Waals surface area contributed by atoms with Crippen LogP contribution in [0, 0.1) is 5.82 Å². The molecule has 0 aromatic heterocycles. The summed E-state index contributed by atoms with van der Waals surface area (Å²) in [7, 11) is 0. The number of halogens is 2. The third kappa shape index (κ3) is 4.46. The summed E-state index contributed by atoms with van der Waals surface area (Å²) in [6.45, 7) is 3.28. The SMILES string of the molecule is CCN(Cc1ccccc1)C(=O)CNc1ccc(F)c(Cl)c1. The van der Waals surface area contributed by atoms with Crippen LogP contribution >= 0.6 is 11.6 Å². The monoisotopic (exact) mass is 320 g/mol. The minimum atomic E-state index is -0.474. The molecule has 0 fully saturated rings. The van der Waals surface area contributed by atoms with Crippen LogP contribution in [-0.4, -0.2) is 23.9 Å². The Kier molecular flexibility index (Phi) is 5.78. The summed E-state index contributed by atoms with van der Waals surface area (Å²) in [5.74, 6) is -0.496. The maximum atomic E-state index is 13.1. The number of hydrogen-bond donors (Lipinski definition) is 1. The first-order chi connectivity index (χ1) is 10.6. The van der Waals surface area contributed by atoms with Gasteiger partial charge in [0.2, 0.25) is 5.91 Å². The van der Waals surface area contributed by atoms with Gasteiger partial charge in [0, 0.05) is 18.8 Å². The highest BCUT2D eigenvalue weighted by molar-refractivity contribution is 6.31. The van der Waals surface area contributed by atoms with Crippen molar-refractivity contribution in [3.05, 3.63) is 64.9 Å². The molecule has 3 nitrogen and oxygen atoms in total. The van der Waals surface area contributed by atoms with Crippen molar-refractivity contribution < 1.29 is 9.18 Å². The lowest BCUT2D eigenvalue weighted by molar-refractivity contribution is -0.129. The van der Waals surface area contributed by atoms with Crippen molar-refractivity contribution in [3.8, 4) is 0 Å². The van der Waals surface area contributed by atoms with E-state index in [9.17, 15) is 9.18 Å². The van der Waals surface area contributed by atoms with Gasteiger partial charge in [-0.3, -0.25) is 4.79 Å². The summed E-state index contributed by atoms with van der Waals surface area (Å²) in [6.07, 6.45) is 0. The zero-order chi connectivity index (χ0) is 15.9. The third-order valence-electron chi connectivity index (χ3n) is 3.31. The third-order valence-corrected chi connectivity index (χ3v) is 3.60. The molecule has 0 heterocycles. The Hall–Kier alpha value is -2.07. The molecule has 0 spiro atoms. The van der Waals surface area contributed by atoms with E-state index in [1.165, 1.54) is 12.1 Å². The Balaban J connectivity index is 1.93. The Bertz CT molecular complexity index is 634. The molecule has 0 radical (unpaired) electrons. The Labute approximate surface area is 134 Å². The Morgan fingerprint density at radius 3 is 2.59 bits per heavy atom. The summed E-state index contributed by atoms with van der Waals surface area (Å²) < 4.78 is 13.1. The van der Waals surface area contributed by atoms with Crippen LogP contribution < -0.4 is 5.32 Å². The standard InChI is InChI=1S/C17H18ClFN2O/c1-2-21(12-13-6-4-3-5-7-13)17(22)11-20-14-8-9-16(19)15(18)10-14/h3-10,20H,2,11-12H2,1H3. The quantitative estimate of drug-likeness (QED) is 0.874. The summed E-state index contributed by atoms with van der Waals surface area (Å²) in [5, 5.41) is 3.01. The largest absolute Gasteiger partial charge is 0.376 e. The van der Waals surface area contributed by atoms with Crippen molar-refractivity contribution in [2.75, 3.05) is 18.4 Å². The molecule has 0 aliphatic carbocycles. The molecule has 0 saturated carbocycles. The molecule has 0 atom stereocenters. The van der Waals surface area contributed by atoms with Gasteiger partial charge in [-0.1, -0.05) is 41.9 Å². The molecule has 5 heteroatoms. The molecule has 2 rings (SSSR count). The number of amides is 1. The van der Waals surface area contributed by atoms with Crippen LogP contribution in [-0.2, 0) is 11.3 Å². The summed E-state index contributed by atoms with van der Waals surface area (Å²) in [6, 6.07) is 14.1. The van der Waals surface area contributed by atoms with E-state index in [0.29, 0.717) is 18.8 Å². The zero-order valence-electron chi connectivity index (χ0n) is 12.4. The number of nitrogens with zero attached hydrogens (tertiary/aromatic N) is 1. The first-order valence-corrected chi connectivity index (χ1v) is 7.48. The fourth-order valence-electron chi connectivity index (χ4n) is 2.08. The van der Waals surface area contributed by atoms with Gasteiger partial charge >= 0.3 is 0 Å². The molecule has 116 valence electrons. The predicted molar refractivity (Wildman–Crippen MR) is 87.4 cm³/mol. The molecule has 0 bridgehead atoms. The molecular weight excluding hydrogens is 303 g/mol. The normalized spacial score (nSPS) is 10.3. The number of carbonyl (C=O) groups is 1. The van der Waals surface area contributed by atoms with Gasteiger partial charge < -0.3 is 10.2 Å². The average molecular weight is 321 g/mol. The molecule has 2 aromatic rings. The van der Waals surface area contributed by atoms with Crippen LogP contribution in [0.1, 0.15) is 12.5 Å². The second kappa shape index (κ2) is 7.80. The Morgan fingerprint density at radius 2 is 1.95 bits per heavy atom. The maximum absolute atomic E-state index is 13.1. The van der Waals surface area contributed by atoms with E-state index in [-0.39, 0.29) is 17.5 Å². The van der Waals surface area contributed by atoms with E-state index in [2.05, 4.69) is 5.32 Å². The fraction of sp³-hybridized carbons (Fsp3) is 0.235. The molecule has 0 saturated heterocycles. The van der Waals surface area contributed by atoms with Crippen LogP contribution in [0.4, 0.5) is 10.1 Å². The molecule has 22 heavy (non-hydrogen) atoms. The van der Waals surface area contributed by atoms with Gasteiger partial charge in [0.15, 0.2) is 0 Å². The van der Waals surface area contributed by atoms with Crippen LogP contribution in [0.2, 0.25) is 5.02 Å². The van der Waals surface area contributed by atoms with E-state index in [1.807, 2.05) is 37.3 Å². The molecule has 0 aliphatic rings. The number of benzene rings is 2. The fourth-order valence-corrected chi connectivity index (χ4v) is 2.26. The highest BCUT2D eigenvalue weighted by Gasteiger charge is 2.12. The number of likely N-dealkylation sites (N-methyl/N-ethyl adjacent to an activating group) is 1. The highest BCUT2D eigenvalue weighted by atomic mass is 35.5. The van der Waals surface area contributed by atoms with Gasteiger partial charge in [0.05, 0.1) is 11.6 Å². The zero-order valence-corrected chi connectivity index (χ0v) is 13.1. The van der Waals surface area contributed by atoms with Crippen molar-refractivity contribution in [2.24, 2.45) is 0 Å². The van der Waals surface area contributed by atoms with Crippen molar-refractivity contribution in [1.82, 2.24) is 4.90 Å². The maximum Gasteiger partial charge on any atom is 0.242 e. The van der Waals surface area contributed by atoms with Gasteiger partial charge in [-0.25, -0.2) is 4.39 Å². The van der Waals surface area contributed by atoms with Gasteiger partial charge in [0.25, 0.3) is 0 Å². The van der Waals surface area contributed by atoms with Gasteiger partial charge in [-0.15, -0.1) is 0 Å². The minimum Gasteiger partial charge on any atom is -0.376 e. The highest BCUT2D eigenvalue weighted by Crippen LogP contribution is 2.19. The predicted octanol–water partition coefficient (Wildman–Crippen LogP) is 3.94. The molecule has 0 unspecified atom stereocenters. The van der Waals surface area contributed by atoms with E-state index in [0.717, 1.165) is 5.56 Å². The second-order valence-corrected chi connectivity index (χ2v) is 5.28. The molecule has 1 N–H and O–H groups in total. The van der Waals surface area contributed by atoms with Crippen LogP contribution in [0.5, 0.6) is 0 Å². The van der Waals surface area contributed by atoms with E-state index in [1.54, 1.807) is 11.0 Å². The lowest BCUT2D eigenvalue weighted by Crippen LogP contribution is -2.34. The van der Waals surface area contributed by atoms with E-state index in [4.69, 9.17) is 11.6 Å².